The zero-order chi connectivity index (χ0) is 113. The van der Waals surface area contributed by atoms with Crippen molar-refractivity contribution in [3.63, 3.8) is 0 Å². The molecule has 0 atom stereocenters. The zero-order valence-corrected chi connectivity index (χ0v) is 99.8. The predicted molar refractivity (Wildman–Crippen MR) is 676 cm³/mol. The van der Waals surface area contributed by atoms with E-state index in [-0.39, 0.29) is 0 Å². The molecule has 0 aliphatic rings. The maximum atomic E-state index is 4.58. The largest absolute Gasteiger partial charge is 0.473 e. The van der Waals surface area contributed by atoms with Gasteiger partial charge in [0.05, 0.1) is 35.8 Å². The molecule has 4 N–H and O–H groups in total. The van der Waals surface area contributed by atoms with E-state index in [9.17, 15) is 0 Å². The quantitative estimate of drug-likeness (QED) is 0.116. The van der Waals surface area contributed by atoms with Crippen molar-refractivity contribution in [2.75, 3.05) is 0 Å². The molecule has 0 spiro atoms. The van der Waals surface area contributed by atoms with Crippen LogP contribution in [0.4, 0.5) is 0 Å². The van der Waals surface area contributed by atoms with Crippen molar-refractivity contribution < 1.29 is 4.42 Å². The molecule has 21 rings (SSSR count). The van der Waals surface area contributed by atoms with E-state index in [2.05, 4.69) is 243 Å². The Balaban J connectivity index is -0.000000200. The summed E-state index contributed by atoms with van der Waals surface area (Å²) in [4.78, 5) is 43.4. The maximum absolute atomic E-state index is 4.58. The highest BCUT2D eigenvalue weighted by Crippen LogP contribution is 2.29. The number of imidazole rings is 1. The monoisotopic (exact) mass is 2110 g/mol. The standard InChI is InChI=1S/C12H10.C10H8N2.C10H9N.C10H8S.C9H10.C9H8.C8H6S2.C6H6.C5H5N.C4H4N2.C4H5N.C4H4O.C4H4S.C3H4N2.C3H3NS.C2H3N3.14C2H6/c1-3-7-11(8-4-1)12-9-5-2-6-10-12;1-3-7-11-9(5-1)10-6-2-4-8-12-10;2*1-2-5-9(6-3-1)10-7-4-8-11-10;2*1-2-6-9-7-4-3-5-8-9;1-3-7(9-5-1)8-4-2-6-10-8;2*1-2-4-6-5-3-1;1-2-6-4-3-5-1;3*1-2-4-5-3-1;2*1-2-5-3-4-1;1-3-2-5-4-1;14*1-2/h1-10H;1-8H;1-8,11H;1-8H;2-8H,1H3;3-5,7-8H,1H3;1-6H;1-6H;1-5H;1-4H;1-5H;2*1-4H;1-3H,(H,4,5);1-3H;1-2H,(H,3,4,5);14*1-2H3/b;;;;6-2+;;;;;;;;;;;;;;;;;;;;;;;;;. The Bertz CT molecular complexity index is 4820. The van der Waals surface area contributed by atoms with Gasteiger partial charge < -0.3 is 19.4 Å². The van der Waals surface area contributed by atoms with Gasteiger partial charge in [0.1, 0.15) is 12.7 Å². The molecule has 19 heteroatoms. The van der Waals surface area contributed by atoms with Crippen LogP contribution < -0.4 is 0 Å². The van der Waals surface area contributed by atoms with E-state index in [1.165, 1.54) is 60.8 Å². The second-order valence-corrected chi connectivity index (χ2v) is 27.6. The Kier molecular flexibility index (Phi) is 145. The third-order valence-corrected chi connectivity index (χ3v) is 18.4. The zero-order valence-electron chi connectivity index (χ0n) is 95.7. The van der Waals surface area contributed by atoms with Crippen LogP contribution in [0.2, 0.25) is 0 Å². The van der Waals surface area contributed by atoms with Gasteiger partial charge in [-0.05, 0) is 172 Å². The number of aromatic nitrogens is 13. The van der Waals surface area contributed by atoms with Crippen LogP contribution in [0.1, 0.15) is 219 Å². The summed E-state index contributed by atoms with van der Waals surface area (Å²) in [5.41, 5.74) is 12.2. The molecule has 7 aromatic carbocycles. The Morgan fingerprint density at radius 2 is 0.647 bits per heavy atom. The molecule has 0 aliphatic carbocycles. The first-order valence-corrected chi connectivity index (χ1v) is 56.8. The van der Waals surface area contributed by atoms with Crippen molar-refractivity contribution in [1.82, 2.24) is 65.0 Å². The molecular formula is C131H181N13OS5. The fourth-order valence-corrected chi connectivity index (χ4v) is 12.1. The van der Waals surface area contributed by atoms with Crippen molar-refractivity contribution in [1.29, 1.82) is 0 Å². The number of aromatic amines is 4. The first-order chi connectivity index (χ1) is 74.7. The van der Waals surface area contributed by atoms with Crippen LogP contribution in [0.5, 0.6) is 0 Å². The summed E-state index contributed by atoms with van der Waals surface area (Å²) < 4.78 is 4.58. The average Bonchev–Trinajstić information content (AvgIpc) is 1.57. The molecule has 0 saturated carbocycles. The Morgan fingerprint density at radius 3 is 0.893 bits per heavy atom. The van der Waals surface area contributed by atoms with Crippen molar-refractivity contribution in [3.05, 3.63) is 531 Å². The second kappa shape index (κ2) is 142. The molecule has 21 aromatic rings. The fourth-order valence-electron chi connectivity index (χ4n) is 8.96. The molecule has 150 heavy (non-hydrogen) atoms. The molecule has 14 aromatic heterocycles. The van der Waals surface area contributed by atoms with Crippen LogP contribution in [0.3, 0.4) is 0 Å². The Labute approximate surface area is 929 Å². The summed E-state index contributed by atoms with van der Waals surface area (Å²) in [5, 5.41) is 18.3. The molecule has 0 saturated heterocycles. The van der Waals surface area contributed by atoms with Gasteiger partial charge in [-0.2, -0.15) is 16.4 Å². The minimum atomic E-state index is 0.915. The van der Waals surface area contributed by atoms with Crippen LogP contribution in [0.15, 0.2) is 524 Å². The van der Waals surface area contributed by atoms with E-state index < -0.39 is 0 Å². The van der Waals surface area contributed by atoms with E-state index >= 15 is 0 Å². The summed E-state index contributed by atoms with van der Waals surface area (Å²) in [6.07, 6.45) is 36.5. The van der Waals surface area contributed by atoms with Crippen LogP contribution >= 0.6 is 56.7 Å². The van der Waals surface area contributed by atoms with Gasteiger partial charge in [0.25, 0.3) is 0 Å². The third kappa shape index (κ3) is 102. The van der Waals surface area contributed by atoms with Gasteiger partial charge in [-0.3, -0.25) is 35.0 Å². The summed E-state index contributed by atoms with van der Waals surface area (Å²) in [5.74, 6) is 5.79. The molecule has 0 unspecified atom stereocenters. The van der Waals surface area contributed by atoms with E-state index in [1.54, 1.807) is 149 Å². The lowest BCUT2D eigenvalue weighted by Crippen LogP contribution is -1.83. The van der Waals surface area contributed by atoms with Gasteiger partial charge in [0.15, 0.2) is 0 Å². The third-order valence-electron chi connectivity index (χ3n) is 14.4. The van der Waals surface area contributed by atoms with Crippen LogP contribution in [-0.4, -0.2) is 65.0 Å². The number of pyridine rings is 3. The lowest BCUT2D eigenvalue weighted by atomic mass is 10.1. The van der Waals surface area contributed by atoms with Crippen molar-refractivity contribution in [2.45, 2.75) is 208 Å². The van der Waals surface area contributed by atoms with Gasteiger partial charge in [-0.1, -0.05) is 467 Å². The van der Waals surface area contributed by atoms with Crippen LogP contribution in [-0.2, 0) is 0 Å². The Morgan fingerprint density at radius 1 is 0.267 bits per heavy atom. The van der Waals surface area contributed by atoms with Gasteiger partial charge in [-0.15, -0.1) is 51.3 Å². The molecule has 806 valence electrons. The summed E-state index contributed by atoms with van der Waals surface area (Å²) in [6.45, 7) is 59.9. The van der Waals surface area contributed by atoms with Crippen molar-refractivity contribution >= 4 is 62.8 Å². The van der Waals surface area contributed by atoms with Gasteiger partial charge in [-0.25, -0.2) is 9.97 Å². The minimum Gasteiger partial charge on any atom is -0.473 e. The first-order valence-electron chi connectivity index (χ1n) is 52.2. The molecule has 0 radical (unpaired) electrons. The number of thiazole rings is 1. The summed E-state index contributed by atoms with van der Waals surface area (Å²) in [6, 6.07) is 119. The summed E-state index contributed by atoms with van der Waals surface area (Å²) in [7, 11) is 0. The number of nitrogens with zero attached hydrogens (tertiary/aromatic N) is 9. The van der Waals surface area contributed by atoms with Crippen LogP contribution in [0, 0.1) is 11.8 Å². The van der Waals surface area contributed by atoms with E-state index in [0.29, 0.717) is 0 Å². The number of hydrogen-bond donors (Lipinski definition) is 4. The lowest BCUT2D eigenvalue weighted by molar-refractivity contribution is 0.567. The highest BCUT2D eigenvalue weighted by Gasteiger charge is 1.99. The second-order valence-electron chi connectivity index (χ2n) is 23.2. The first kappa shape index (κ1) is 153. The number of furan rings is 1. The van der Waals surface area contributed by atoms with Gasteiger partial charge >= 0.3 is 0 Å². The average molecular weight is 2110 g/mol. The highest BCUT2D eigenvalue weighted by molar-refractivity contribution is 7.20. The molecule has 0 fully saturated rings. The van der Waals surface area contributed by atoms with Gasteiger partial charge in [0, 0.05) is 118 Å². The molecule has 0 amide bonds. The van der Waals surface area contributed by atoms with Crippen molar-refractivity contribution in [2.24, 2.45) is 0 Å². The number of thiophene rings is 4. The van der Waals surface area contributed by atoms with Crippen molar-refractivity contribution in [3.8, 4) is 65.8 Å². The number of hydrogen-bond acceptors (Lipinski definition) is 15. The normalized spacial score (nSPS) is 7.85. The summed E-state index contributed by atoms with van der Waals surface area (Å²) >= 11 is 8.67. The van der Waals surface area contributed by atoms with E-state index in [1.807, 2.05) is 467 Å². The van der Waals surface area contributed by atoms with Crippen LogP contribution in [0.25, 0.3) is 60.0 Å². The smallest absolute Gasteiger partial charge is 0.137 e. The SMILES string of the molecule is C/C=C/c1ccccc1.CC.CC.CC.CC.CC.CC.CC.CC.CC.CC.CC.CC.CC.CC.CC#Cc1ccccc1.c1c[nH]cn1.c1cc[nH]c1.c1ccc(-c2ccc[nH]2)cc1.c1ccc(-c2ccccc2)cc1.c1ccc(-c2ccccn2)nc1.c1ccc(-c2cccs2)cc1.c1ccccc1.c1ccncc1.c1ccoc1.c1ccsc1.c1cnccn1.c1csc(-c2cccs2)c1.c1cscn1.c1nc[nH]n1. The number of rotatable bonds is 6. The Hall–Kier alpha value is -15.0. The van der Waals surface area contributed by atoms with E-state index in [4.69, 9.17) is 0 Å². The minimum absolute atomic E-state index is 0.915. The van der Waals surface area contributed by atoms with E-state index in [0.717, 1.165) is 17.0 Å². The fraction of sp³-hybridized carbons (Fsp3) is 0.229. The van der Waals surface area contributed by atoms with Gasteiger partial charge in [0.2, 0.25) is 0 Å². The number of H-pyrrole nitrogens is 4. The topological polar surface area (TPSA) is 192 Å². The molecular weight excluding hydrogens is 1930 g/mol. The predicted octanol–water partition coefficient (Wildman–Crippen LogP) is 42.9. The highest BCUT2D eigenvalue weighted by atomic mass is 32.1. The number of allylic oxidation sites excluding steroid dienone is 1. The lowest BCUT2D eigenvalue weighted by Gasteiger charge is -1.98. The molecule has 0 aliphatic heterocycles. The number of benzene rings is 7. The molecule has 14 nitrogen and oxygen atoms in total. The molecule has 14 heterocycles. The molecule has 0 bridgehead atoms. The number of nitrogens with one attached hydrogen (secondary N) is 4. The maximum Gasteiger partial charge on any atom is 0.137 e.